The molecule has 1 N–H and O–H groups in total. The van der Waals surface area contributed by atoms with Gasteiger partial charge >= 0.3 is 0 Å². The zero-order valence-electron chi connectivity index (χ0n) is 11.8. The third-order valence-corrected chi connectivity index (χ3v) is 3.30. The second kappa shape index (κ2) is 5.35. The van der Waals surface area contributed by atoms with Crippen LogP contribution in [0.25, 0.3) is 0 Å². The predicted molar refractivity (Wildman–Crippen MR) is 72.2 cm³/mol. The molecule has 2 heterocycles. The van der Waals surface area contributed by atoms with Gasteiger partial charge in [0.15, 0.2) is 11.5 Å². The molecule has 0 radical (unpaired) electrons. The number of carboxylic acids is 1. The molecule has 0 bridgehead atoms. The average molecular weight is 302 g/mol. The number of benzene rings is 1. The van der Waals surface area contributed by atoms with E-state index in [4.69, 9.17) is 9.47 Å². The van der Waals surface area contributed by atoms with Crippen molar-refractivity contribution in [3.8, 4) is 11.5 Å². The third kappa shape index (κ3) is 2.22. The Hall–Kier alpha value is -3.10. The minimum absolute atomic E-state index is 0.0953. The quantitative estimate of drug-likeness (QED) is 0.791. The highest BCUT2D eigenvalue weighted by atomic mass is 16.5. The van der Waals surface area contributed by atoms with Crippen LogP contribution in [0.15, 0.2) is 30.0 Å². The maximum Gasteiger partial charge on any atom is 0.248 e. The molecule has 9 nitrogen and oxygen atoms in total. The SMILES string of the molecule is COc1ccc([C@H]2C=C(C(=O)[O-])Nc3nnnn32)cc1OC. The van der Waals surface area contributed by atoms with E-state index in [1.165, 1.54) is 25.0 Å². The zero-order valence-corrected chi connectivity index (χ0v) is 11.8. The summed E-state index contributed by atoms with van der Waals surface area (Å²) in [6.07, 6.45) is 1.47. The maximum atomic E-state index is 11.1. The van der Waals surface area contributed by atoms with Crippen molar-refractivity contribution in [1.82, 2.24) is 20.2 Å². The van der Waals surface area contributed by atoms with E-state index in [-0.39, 0.29) is 11.6 Å². The fraction of sp³-hybridized carbons (Fsp3) is 0.231. The topological polar surface area (TPSA) is 114 Å². The van der Waals surface area contributed by atoms with Crippen LogP contribution in [0.3, 0.4) is 0 Å². The Balaban J connectivity index is 2.09. The molecule has 1 atom stereocenters. The summed E-state index contributed by atoms with van der Waals surface area (Å²) in [5.41, 5.74) is 0.647. The van der Waals surface area contributed by atoms with Gasteiger partial charge < -0.3 is 24.7 Å². The number of methoxy groups -OCH3 is 2. The zero-order chi connectivity index (χ0) is 15.7. The van der Waals surface area contributed by atoms with E-state index < -0.39 is 12.0 Å². The van der Waals surface area contributed by atoms with Gasteiger partial charge in [0.2, 0.25) is 5.95 Å². The van der Waals surface area contributed by atoms with Crippen LogP contribution >= 0.6 is 0 Å². The Bertz CT molecular complexity index is 755. The van der Waals surface area contributed by atoms with Crippen LogP contribution < -0.4 is 19.9 Å². The van der Waals surface area contributed by atoms with Crippen molar-refractivity contribution >= 4 is 11.9 Å². The molecule has 0 unspecified atom stereocenters. The number of tetrazole rings is 1. The number of hydrogen-bond donors (Lipinski definition) is 1. The van der Waals surface area contributed by atoms with Crippen LogP contribution in [0, 0.1) is 0 Å². The van der Waals surface area contributed by atoms with Crippen LogP contribution in [0.1, 0.15) is 11.6 Å². The number of nitrogens with one attached hydrogen (secondary N) is 1. The highest BCUT2D eigenvalue weighted by Crippen LogP contribution is 2.34. The predicted octanol–water partition coefficient (Wildman–Crippen LogP) is -0.661. The number of rotatable bonds is 4. The van der Waals surface area contributed by atoms with E-state index in [9.17, 15) is 9.90 Å². The van der Waals surface area contributed by atoms with Gasteiger partial charge in [-0.15, -0.1) is 0 Å². The van der Waals surface area contributed by atoms with Gasteiger partial charge in [-0.2, -0.15) is 4.68 Å². The molecule has 0 fully saturated rings. The lowest BCUT2D eigenvalue weighted by atomic mass is 10.0. The molecule has 22 heavy (non-hydrogen) atoms. The molecule has 0 spiro atoms. The molecule has 9 heteroatoms. The first-order chi connectivity index (χ1) is 10.6. The van der Waals surface area contributed by atoms with Crippen molar-refractivity contribution in [3.63, 3.8) is 0 Å². The van der Waals surface area contributed by atoms with Crippen LogP contribution in [0.5, 0.6) is 11.5 Å². The van der Waals surface area contributed by atoms with Crippen molar-refractivity contribution in [2.45, 2.75) is 6.04 Å². The summed E-state index contributed by atoms with van der Waals surface area (Å²) in [6, 6.07) is 4.75. The number of hydrogen-bond acceptors (Lipinski definition) is 8. The molecule has 1 aliphatic rings. The van der Waals surface area contributed by atoms with Gasteiger partial charge in [-0.1, -0.05) is 11.2 Å². The van der Waals surface area contributed by atoms with Gasteiger partial charge in [0, 0.05) is 0 Å². The largest absolute Gasteiger partial charge is 0.543 e. The Morgan fingerprint density at radius 1 is 1.32 bits per heavy atom. The van der Waals surface area contributed by atoms with Crippen molar-refractivity contribution < 1.29 is 19.4 Å². The third-order valence-electron chi connectivity index (χ3n) is 3.30. The first-order valence-electron chi connectivity index (χ1n) is 6.34. The Labute approximate surface area is 125 Å². The van der Waals surface area contributed by atoms with Gasteiger partial charge in [-0.05, 0) is 34.2 Å². The molecule has 1 aromatic heterocycles. The number of anilines is 1. The number of carbonyl (C=O) groups excluding carboxylic acids is 1. The second-order valence-electron chi connectivity index (χ2n) is 4.50. The van der Waals surface area contributed by atoms with Crippen molar-refractivity contribution in [1.29, 1.82) is 0 Å². The van der Waals surface area contributed by atoms with Crippen molar-refractivity contribution in [3.05, 3.63) is 35.5 Å². The van der Waals surface area contributed by atoms with Crippen LogP contribution in [-0.2, 0) is 4.79 Å². The molecule has 0 saturated heterocycles. The van der Waals surface area contributed by atoms with Gasteiger partial charge in [0.1, 0.15) is 6.04 Å². The summed E-state index contributed by atoms with van der Waals surface area (Å²) in [7, 11) is 3.06. The van der Waals surface area contributed by atoms with E-state index in [0.717, 1.165) is 5.56 Å². The number of ether oxygens (including phenoxy) is 2. The van der Waals surface area contributed by atoms with Crippen molar-refractivity contribution in [2.24, 2.45) is 0 Å². The molecule has 114 valence electrons. The van der Waals surface area contributed by atoms with Gasteiger partial charge in [0.25, 0.3) is 0 Å². The molecule has 0 amide bonds. The van der Waals surface area contributed by atoms with Crippen LogP contribution in [-0.4, -0.2) is 40.4 Å². The molecule has 1 aromatic carbocycles. The van der Waals surface area contributed by atoms with Crippen LogP contribution in [0.2, 0.25) is 0 Å². The van der Waals surface area contributed by atoms with Gasteiger partial charge in [-0.25, -0.2) is 0 Å². The van der Waals surface area contributed by atoms with E-state index in [1.807, 2.05) is 0 Å². The fourth-order valence-corrected chi connectivity index (χ4v) is 2.25. The van der Waals surface area contributed by atoms with E-state index in [2.05, 4.69) is 20.8 Å². The van der Waals surface area contributed by atoms with E-state index in [0.29, 0.717) is 11.5 Å². The Morgan fingerprint density at radius 2 is 2.09 bits per heavy atom. The van der Waals surface area contributed by atoms with Gasteiger partial charge in [0.05, 0.1) is 25.9 Å². The Morgan fingerprint density at radius 3 is 2.77 bits per heavy atom. The molecule has 0 saturated carbocycles. The van der Waals surface area contributed by atoms with Gasteiger partial charge in [-0.3, -0.25) is 0 Å². The normalized spacial score (nSPS) is 16.3. The summed E-state index contributed by atoms with van der Waals surface area (Å²) in [6.45, 7) is 0. The number of aromatic nitrogens is 4. The first kappa shape index (κ1) is 13.9. The number of allylic oxidation sites excluding steroid dienone is 1. The number of nitrogens with zero attached hydrogens (tertiary/aromatic N) is 4. The first-order valence-corrected chi connectivity index (χ1v) is 6.34. The number of carbonyl (C=O) groups is 1. The van der Waals surface area contributed by atoms with E-state index in [1.54, 1.807) is 18.2 Å². The minimum Gasteiger partial charge on any atom is -0.543 e. The lowest BCUT2D eigenvalue weighted by Crippen LogP contribution is -2.32. The fourth-order valence-electron chi connectivity index (χ4n) is 2.25. The summed E-state index contributed by atoms with van der Waals surface area (Å²) >= 11 is 0. The molecular formula is C13H12N5O4-. The lowest BCUT2D eigenvalue weighted by molar-refractivity contribution is -0.299. The number of fused-ring (bicyclic) bond motifs is 1. The molecule has 3 rings (SSSR count). The summed E-state index contributed by atoms with van der Waals surface area (Å²) in [4.78, 5) is 11.1. The monoisotopic (exact) mass is 302 g/mol. The summed E-state index contributed by atoms with van der Waals surface area (Å²) in [5.74, 6) is -0.0148. The number of aliphatic carboxylic acids is 1. The number of carboxylic acid groups (broad SMARTS) is 1. The summed E-state index contributed by atoms with van der Waals surface area (Å²) < 4.78 is 11.9. The maximum absolute atomic E-state index is 11.1. The van der Waals surface area contributed by atoms with Crippen molar-refractivity contribution in [2.75, 3.05) is 19.5 Å². The highest BCUT2D eigenvalue weighted by Gasteiger charge is 2.24. The molecule has 1 aliphatic heterocycles. The van der Waals surface area contributed by atoms with E-state index >= 15 is 0 Å². The highest BCUT2D eigenvalue weighted by molar-refractivity contribution is 5.88. The summed E-state index contributed by atoms with van der Waals surface area (Å²) in [5, 5.41) is 24.9. The second-order valence-corrected chi connectivity index (χ2v) is 4.50. The Kier molecular flexibility index (Phi) is 3.37. The van der Waals surface area contributed by atoms with Crippen LogP contribution in [0.4, 0.5) is 5.95 Å². The smallest absolute Gasteiger partial charge is 0.248 e. The minimum atomic E-state index is -1.33. The lowest BCUT2D eigenvalue weighted by Gasteiger charge is -2.24. The molecule has 2 aromatic rings. The molecular weight excluding hydrogens is 290 g/mol. The standard InChI is InChI=1S/C13H13N5O4/c1-21-10-4-3-7(5-11(10)22-2)9-6-8(12(19)20)14-13-15-16-17-18(9)13/h3-6,9H,1-2H3,(H,19,20)(H,14,15,17)/p-1/t9-/m1/s1. The molecule has 0 aliphatic carbocycles. The average Bonchev–Trinajstić information content (AvgIpc) is 3.01.